The Labute approximate surface area is 167 Å². The number of hydrogen-bond acceptors (Lipinski definition) is 5. The number of Topliss-reactive ketones (excluding diaryl/α,β-unsaturated/α-hetero) is 1. The standard InChI is InChI=1S/C20H21ClN2O5/c1-12-9-14(22-19(25)28-20(2,3)4)6-5-13(12)10-18(24)16-11-15(23(26)27)7-8-17(16)21/h5-9,11H,10H2,1-4H3,(H,22,25). The summed E-state index contributed by atoms with van der Waals surface area (Å²) in [4.78, 5) is 34.8. The van der Waals surface area contributed by atoms with E-state index >= 15 is 0 Å². The van der Waals surface area contributed by atoms with Gasteiger partial charge < -0.3 is 4.74 Å². The highest BCUT2D eigenvalue weighted by Gasteiger charge is 2.18. The quantitative estimate of drug-likeness (QED) is 0.412. The summed E-state index contributed by atoms with van der Waals surface area (Å²) < 4.78 is 5.20. The summed E-state index contributed by atoms with van der Waals surface area (Å²) >= 11 is 6.03. The summed E-state index contributed by atoms with van der Waals surface area (Å²) in [5.74, 6) is -0.329. The predicted octanol–water partition coefficient (Wildman–Crippen LogP) is 5.33. The monoisotopic (exact) mass is 404 g/mol. The summed E-state index contributed by atoms with van der Waals surface area (Å²) in [6, 6.07) is 8.87. The minimum Gasteiger partial charge on any atom is -0.444 e. The van der Waals surface area contributed by atoms with Gasteiger partial charge in [-0.25, -0.2) is 4.79 Å². The van der Waals surface area contributed by atoms with Crippen molar-refractivity contribution in [2.75, 3.05) is 5.32 Å². The molecular formula is C20H21ClN2O5. The van der Waals surface area contributed by atoms with Crippen LogP contribution >= 0.6 is 11.6 Å². The predicted molar refractivity (Wildman–Crippen MR) is 107 cm³/mol. The second kappa shape index (κ2) is 8.39. The maximum Gasteiger partial charge on any atom is 0.412 e. The van der Waals surface area contributed by atoms with Crippen molar-refractivity contribution in [3.05, 3.63) is 68.2 Å². The number of nitro groups is 1. The molecule has 0 bridgehead atoms. The molecule has 0 spiro atoms. The highest BCUT2D eigenvalue weighted by atomic mass is 35.5. The zero-order chi connectivity index (χ0) is 21.1. The third-order valence-corrected chi connectivity index (χ3v) is 4.13. The van der Waals surface area contributed by atoms with Gasteiger partial charge in [-0.3, -0.25) is 20.2 Å². The molecule has 0 heterocycles. The average molecular weight is 405 g/mol. The van der Waals surface area contributed by atoms with Crippen LogP contribution in [0.15, 0.2) is 36.4 Å². The normalized spacial score (nSPS) is 11.0. The molecule has 2 aromatic rings. The number of carbonyl (C=O) groups excluding carboxylic acids is 2. The van der Waals surface area contributed by atoms with E-state index in [0.29, 0.717) is 5.69 Å². The van der Waals surface area contributed by atoms with Gasteiger partial charge in [0, 0.05) is 29.8 Å². The maximum absolute atomic E-state index is 12.6. The van der Waals surface area contributed by atoms with Crippen molar-refractivity contribution in [1.29, 1.82) is 0 Å². The van der Waals surface area contributed by atoms with E-state index in [1.54, 1.807) is 45.9 Å². The lowest BCUT2D eigenvalue weighted by Gasteiger charge is -2.20. The number of benzene rings is 2. The van der Waals surface area contributed by atoms with Gasteiger partial charge in [0.1, 0.15) is 5.60 Å². The molecule has 0 aliphatic carbocycles. The van der Waals surface area contributed by atoms with Gasteiger partial charge in [0.2, 0.25) is 0 Å². The number of rotatable bonds is 5. The van der Waals surface area contributed by atoms with E-state index in [0.717, 1.165) is 11.1 Å². The number of nitrogens with one attached hydrogen (secondary N) is 1. The molecular weight excluding hydrogens is 384 g/mol. The number of carbonyl (C=O) groups is 2. The third kappa shape index (κ3) is 5.79. The molecule has 0 saturated heterocycles. The van der Waals surface area contributed by atoms with Crippen LogP contribution in [-0.2, 0) is 11.2 Å². The fourth-order valence-corrected chi connectivity index (χ4v) is 2.73. The number of hydrogen-bond donors (Lipinski definition) is 1. The molecule has 2 aromatic carbocycles. The Hall–Kier alpha value is -2.93. The number of halogens is 1. The van der Waals surface area contributed by atoms with Crippen molar-refractivity contribution in [2.24, 2.45) is 0 Å². The molecule has 0 saturated carbocycles. The number of nitrogens with zero attached hydrogens (tertiary/aromatic N) is 1. The first kappa shape index (κ1) is 21.4. The van der Waals surface area contributed by atoms with E-state index in [-0.39, 0.29) is 28.5 Å². The Kier molecular flexibility index (Phi) is 6.41. The van der Waals surface area contributed by atoms with Gasteiger partial charge in [-0.15, -0.1) is 0 Å². The zero-order valence-electron chi connectivity index (χ0n) is 16.0. The van der Waals surface area contributed by atoms with Crippen molar-refractivity contribution in [3.8, 4) is 0 Å². The van der Waals surface area contributed by atoms with Gasteiger partial charge in [0.05, 0.1) is 9.95 Å². The molecule has 0 unspecified atom stereocenters. The van der Waals surface area contributed by atoms with Crippen molar-refractivity contribution in [2.45, 2.75) is 39.7 Å². The van der Waals surface area contributed by atoms with Crippen LogP contribution in [0.5, 0.6) is 0 Å². The first-order chi connectivity index (χ1) is 13.0. The van der Waals surface area contributed by atoms with Crippen LogP contribution in [0.25, 0.3) is 0 Å². The Morgan fingerprint density at radius 3 is 2.43 bits per heavy atom. The zero-order valence-corrected chi connectivity index (χ0v) is 16.8. The van der Waals surface area contributed by atoms with E-state index in [9.17, 15) is 19.7 Å². The first-order valence-corrected chi connectivity index (χ1v) is 8.91. The average Bonchev–Trinajstić information content (AvgIpc) is 2.55. The summed E-state index contributed by atoms with van der Waals surface area (Å²) in [5.41, 5.74) is 1.35. The molecule has 0 atom stereocenters. The number of anilines is 1. The highest BCUT2D eigenvalue weighted by molar-refractivity contribution is 6.34. The largest absolute Gasteiger partial charge is 0.444 e. The van der Waals surface area contributed by atoms with Crippen LogP contribution in [0.4, 0.5) is 16.2 Å². The third-order valence-electron chi connectivity index (χ3n) is 3.80. The lowest BCUT2D eigenvalue weighted by Crippen LogP contribution is -2.27. The van der Waals surface area contributed by atoms with E-state index in [2.05, 4.69) is 5.32 Å². The molecule has 7 nitrogen and oxygen atoms in total. The molecule has 0 fully saturated rings. The molecule has 8 heteroatoms. The number of nitro benzene ring substituents is 1. The van der Waals surface area contributed by atoms with Crippen molar-refractivity contribution < 1.29 is 19.2 Å². The van der Waals surface area contributed by atoms with Crippen LogP contribution < -0.4 is 5.32 Å². The highest BCUT2D eigenvalue weighted by Crippen LogP contribution is 2.25. The lowest BCUT2D eigenvalue weighted by atomic mass is 9.98. The van der Waals surface area contributed by atoms with E-state index in [1.165, 1.54) is 18.2 Å². The summed E-state index contributed by atoms with van der Waals surface area (Å²) in [7, 11) is 0. The molecule has 1 amide bonds. The number of aryl methyl sites for hydroxylation is 1. The van der Waals surface area contributed by atoms with Crippen LogP contribution in [0, 0.1) is 17.0 Å². The van der Waals surface area contributed by atoms with Gasteiger partial charge >= 0.3 is 6.09 Å². The molecule has 0 radical (unpaired) electrons. The Bertz CT molecular complexity index is 935. The summed E-state index contributed by atoms with van der Waals surface area (Å²) in [6.45, 7) is 7.11. The van der Waals surface area contributed by atoms with Crippen LogP contribution in [0.3, 0.4) is 0 Å². The van der Waals surface area contributed by atoms with Gasteiger partial charge in [0.25, 0.3) is 5.69 Å². The van der Waals surface area contributed by atoms with E-state index in [1.807, 2.05) is 0 Å². The van der Waals surface area contributed by atoms with E-state index in [4.69, 9.17) is 16.3 Å². The summed E-state index contributed by atoms with van der Waals surface area (Å²) in [6.07, 6.45) is -0.543. The van der Waals surface area contributed by atoms with Gasteiger partial charge in [-0.2, -0.15) is 0 Å². The second-order valence-corrected chi connectivity index (χ2v) is 7.70. The molecule has 148 valence electrons. The van der Waals surface area contributed by atoms with Crippen LogP contribution in [-0.4, -0.2) is 22.4 Å². The molecule has 2 rings (SSSR count). The SMILES string of the molecule is Cc1cc(NC(=O)OC(C)(C)C)ccc1CC(=O)c1cc([N+](=O)[O-])ccc1Cl. The number of non-ortho nitro benzene ring substituents is 1. The molecule has 0 aliphatic heterocycles. The van der Waals surface area contributed by atoms with Crippen molar-refractivity contribution >= 4 is 34.9 Å². The maximum atomic E-state index is 12.6. The smallest absolute Gasteiger partial charge is 0.412 e. The molecule has 0 aromatic heterocycles. The minimum absolute atomic E-state index is 0.0272. The Morgan fingerprint density at radius 1 is 1.18 bits per heavy atom. The summed E-state index contributed by atoms with van der Waals surface area (Å²) in [5, 5.41) is 13.7. The molecule has 0 aliphatic rings. The number of ether oxygens (including phenoxy) is 1. The van der Waals surface area contributed by atoms with Gasteiger partial charge in [-0.05, 0) is 57.0 Å². The fourth-order valence-electron chi connectivity index (χ4n) is 2.50. The van der Waals surface area contributed by atoms with Crippen LogP contribution in [0.1, 0.15) is 42.3 Å². The van der Waals surface area contributed by atoms with Crippen molar-refractivity contribution in [1.82, 2.24) is 0 Å². The minimum atomic E-state index is -0.608. The number of ketones is 1. The van der Waals surface area contributed by atoms with E-state index < -0.39 is 16.6 Å². The lowest BCUT2D eigenvalue weighted by molar-refractivity contribution is -0.384. The molecule has 28 heavy (non-hydrogen) atoms. The molecule has 1 N–H and O–H groups in total. The van der Waals surface area contributed by atoms with Crippen molar-refractivity contribution in [3.63, 3.8) is 0 Å². The van der Waals surface area contributed by atoms with Gasteiger partial charge in [-0.1, -0.05) is 17.7 Å². The number of amides is 1. The topological polar surface area (TPSA) is 98.5 Å². The van der Waals surface area contributed by atoms with Gasteiger partial charge in [0.15, 0.2) is 5.78 Å². The van der Waals surface area contributed by atoms with Crippen LogP contribution in [0.2, 0.25) is 5.02 Å². The first-order valence-electron chi connectivity index (χ1n) is 8.53. The fraction of sp³-hybridized carbons (Fsp3) is 0.300. The Balaban J connectivity index is 2.15. The second-order valence-electron chi connectivity index (χ2n) is 7.29. The Morgan fingerprint density at radius 2 is 1.86 bits per heavy atom.